The fourth-order valence-electron chi connectivity index (χ4n) is 0.782. The maximum Gasteiger partial charge on any atom is 0.141 e. The Morgan fingerprint density at radius 2 is 2.08 bits per heavy atom. The Kier molecular flexibility index (Phi) is 3.41. The normalized spacial score (nSPS) is 15.3. The predicted molar refractivity (Wildman–Crippen MR) is 48.1 cm³/mol. The zero-order valence-corrected chi connectivity index (χ0v) is 7.52. The quantitative estimate of drug-likeness (QED) is 0.587. The summed E-state index contributed by atoms with van der Waals surface area (Å²) in [6.45, 7) is 0. The van der Waals surface area contributed by atoms with Crippen LogP contribution in [-0.4, -0.2) is 32.2 Å². The molecule has 4 N–H and O–H groups in total. The number of anilines is 1. The summed E-state index contributed by atoms with van der Waals surface area (Å²) >= 11 is 5.35. The molecule has 0 bridgehead atoms. The lowest BCUT2D eigenvalue weighted by atomic mass is 10.2. The summed E-state index contributed by atoms with van der Waals surface area (Å²) in [5.41, 5.74) is 5.54. The van der Waals surface area contributed by atoms with Gasteiger partial charge in [-0.3, -0.25) is 4.98 Å². The van der Waals surface area contributed by atoms with E-state index in [-0.39, 0.29) is 17.4 Å². The molecule has 0 aliphatic rings. The molecule has 1 aromatic rings. The molecule has 0 spiro atoms. The van der Waals surface area contributed by atoms with Crippen molar-refractivity contribution in [3.8, 4) is 0 Å². The number of hydrogen-bond acceptors (Lipinski definition) is 5. The highest BCUT2D eigenvalue weighted by molar-refractivity contribution is 6.18. The molecule has 0 aliphatic heterocycles. The number of rotatable bonds is 3. The van der Waals surface area contributed by atoms with Crippen LogP contribution in [0.2, 0.25) is 0 Å². The first-order valence-corrected chi connectivity index (χ1v) is 4.18. The van der Waals surface area contributed by atoms with Gasteiger partial charge in [-0.1, -0.05) is 0 Å². The van der Waals surface area contributed by atoms with Crippen molar-refractivity contribution in [3.05, 3.63) is 18.1 Å². The van der Waals surface area contributed by atoms with Gasteiger partial charge < -0.3 is 15.9 Å². The fraction of sp³-hybridized carbons (Fsp3) is 0.429. The van der Waals surface area contributed by atoms with Crippen molar-refractivity contribution in [1.29, 1.82) is 0 Å². The first-order valence-electron chi connectivity index (χ1n) is 3.64. The highest BCUT2D eigenvalue weighted by Crippen LogP contribution is 2.14. The van der Waals surface area contributed by atoms with Crippen LogP contribution in [0.5, 0.6) is 0 Å². The Morgan fingerprint density at radius 1 is 1.38 bits per heavy atom. The predicted octanol–water partition coefficient (Wildman–Crippen LogP) is -0.308. The van der Waals surface area contributed by atoms with Crippen LogP contribution in [0.15, 0.2) is 12.4 Å². The maximum atomic E-state index is 9.40. The zero-order chi connectivity index (χ0) is 9.84. The van der Waals surface area contributed by atoms with Gasteiger partial charge in [-0.15, -0.1) is 11.6 Å². The van der Waals surface area contributed by atoms with E-state index in [1.807, 2.05) is 0 Å². The highest BCUT2D eigenvalue weighted by atomic mass is 35.5. The topological polar surface area (TPSA) is 92.3 Å². The van der Waals surface area contributed by atoms with E-state index in [9.17, 15) is 5.11 Å². The van der Waals surface area contributed by atoms with Crippen LogP contribution in [0.1, 0.15) is 11.8 Å². The van der Waals surface area contributed by atoms with Crippen molar-refractivity contribution in [2.24, 2.45) is 0 Å². The van der Waals surface area contributed by atoms with Crippen molar-refractivity contribution < 1.29 is 10.2 Å². The van der Waals surface area contributed by atoms with E-state index in [0.717, 1.165) is 0 Å². The van der Waals surface area contributed by atoms with Gasteiger partial charge in [0.2, 0.25) is 0 Å². The van der Waals surface area contributed by atoms with Gasteiger partial charge in [-0.05, 0) is 0 Å². The molecular formula is C7H10ClN3O2. The molecule has 0 amide bonds. The number of halogens is 1. The van der Waals surface area contributed by atoms with E-state index in [2.05, 4.69) is 9.97 Å². The van der Waals surface area contributed by atoms with E-state index < -0.39 is 12.2 Å². The summed E-state index contributed by atoms with van der Waals surface area (Å²) in [6, 6.07) is 0. The van der Waals surface area contributed by atoms with Crippen molar-refractivity contribution in [2.45, 2.75) is 12.2 Å². The van der Waals surface area contributed by atoms with Crippen molar-refractivity contribution in [1.82, 2.24) is 9.97 Å². The van der Waals surface area contributed by atoms with E-state index in [0.29, 0.717) is 0 Å². The molecule has 13 heavy (non-hydrogen) atoms. The number of nitrogens with zero attached hydrogens (tertiary/aromatic N) is 2. The fourth-order valence-corrected chi connectivity index (χ4v) is 0.951. The summed E-state index contributed by atoms with van der Waals surface area (Å²) in [4.78, 5) is 7.51. The van der Waals surface area contributed by atoms with E-state index in [4.69, 9.17) is 22.4 Å². The maximum absolute atomic E-state index is 9.40. The number of alkyl halides is 1. The van der Waals surface area contributed by atoms with Crippen LogP contribution in [0.3, 0.4) is 0 Å². The molecule has 1 heterocycles. The Labute approximate surface area is 80.2 Å². The van der Waals surface area contributed by atoms with Gasteiger partial charge in [-0.2, -0.15) is 0 Å². The van der Waals surface area contributed by atoms with E-state index in [1.165, 1.54) is 12.4 Å². The monoisotopic (exact) mass is 203 g/mol. The molecule has 6 heteroatoms. The summed E-state index contributed by atoms with van der Waals surface area (Å²) in [5, 5.41) is 18.6. The summed E-state index contributed by atoms with van der Waals surface area (Å²) in [6.07, 6.45) is 0.445. The lowest BCUT2D eigenvalue weighted by Gasteiger charge is -2.13. The van der Waals surface area contributed by atoms with Gasteiger partial charge in [-0.25, -0.2) is 4.98 Å². The number of hydrogen-bond donors (Lipinski definition) is 3. The molecule has 0 aromatic carbocycles. The van der Waals surface area contributed by atoms with Gasteiger partial charge in [0.25, 0.3) is 0 Å². The largest absolute Gasteiger partial charge is 0.389 e. The summed E-state index contributed by atoms with van der Waals surface area (Å²) in [7, 11) is 0. The van der Waals surface area contributed by atoms with Gasteiger partial charge >= 0.3 is 0 Å². The molecular weight excluding hydrogens is 194 g/mol. The number of aromatic nitrogens is 2. The second-order valence-electron chi connectivity index (χ2n) is 2.53. The van der Waals surface area contributed by atoms with Crippen molar-refractivity contribution in [2.75, 3.05) is 11.6 Å². The number of aliphatic hydroxyl groups is 2. The molecule has 0 saturated carbocycles. The standard InChI is InChI=1S/C7H10ClN3O2/c8-1-5(12)7(13)4-2-11-6(9)3-10-4/h2-3,5,7,12-13H,1H2,(H2,9,11). The van der Waals surface area contributed by atoms with Gasteiger partial charge in [0.15, 0.2) is 0 Å². The Hall–Kier alpha value is -0.910. The summed E-state index contributed by atoms with van der Waals surface area (Å²) in [5.74, 6) is 0.198. The summed E-state index contributed by atoms with van der Waals surface area (Å²) < 4.78 is 0. The lowest BCUT2D eigenvalue weighted by Crippen LogP contribution is -2.20. The second-order valence-corrected chi connectivity index (χ2v) is 2.84. The minimum absolute atomic E-state index is 0.0623. The van der Waals surface area contributed by atoms with Crippen LogP contribution >= 0.6 is 11.6 Å². The molecule has 2 atom stereocenters. The smallest absolute Gasteiger partial charge is 0.141 e. The SMILES string of the molecule is Nc1cnc(C(O)C(O)CCl)cn1. The minimum Gasteiger partial charge on any atom is -0.389 e. The first-order chi connectivity index (χ1) is 6.15. The molecule has 2 unspecified atom stereocenters. The van der Waals surface area contributed by atoms with Gasteiger partial charge in [0.1, 0.15) is 11.9 Å². The average molecular weight is 204 g/mol. The van der Waals surface area contributed by atoms with E-state index in [1.54, 1.807) is 0 Å². The van der Waals surface area contributed by atoms with Gasteiger partial charge in [0.05, 0.1) is 30.1 Å². The molecule has 5 nitrogen and oxygen atoms in total. The Morgan fingerprint density at radius 3 is 2.54 bits per heavy atom. The van der Waals surface area contributed by atoms with E-state index >= 15 is 0 Å². The lowest BCUT2D eigenvalue weighted by molar-refractivity contribution is 0.0298. The minimum atomic E-state index is -1.12. The third kappa shape index (κ3) is 2.51. The van der Waals surface area contributed by atoms with Gasteiger partial charge in [0, 0.05) is 0 Å². The second kappa shape index (κ2) is 4.36. The third-order valence-corrected chi connectivity index (χ3v) is 1.83. The molecule has 0 fully saturated rings. The molecule has 0 aliphatic carbocycles. The molecule has 0 radical (unpaired) electrons. The van der Waals surface area contributed by atoms with Crippen LogP contribution in [0.25, 0.3) is 0 Å². The Bertz CT molecular complexity index is 267. The number of aliphatic hydroxyl groups excluding tert-OH is 2. The molecule has 0 saturated heterocycles. The molecule has 1 rings (SSSR count). The van der Waals surface area contributed by atoms with Crippen LogP contribution in [0, 0.1) is 0 Å². The van der Waals surface area contributed by atoms with Crippen LogP contribution < -0.4 is 5.73 Å². The molecule has 1 aromatic heterocycles. The van der Waals surface area contributed by atoms with Crippen molar-refractivity contribution >= 4 is 17.4 Å². The first kappa shape index (κ1) is 10.2. The van der Waals surface area contributed by atoms with Crippen molar-refractivity contribution in [3.63, 3.8) is 0 Å². The third-order valence-electron chi connectivity index (χ3n) is 1.52. The molecule has 72 valence electrons. The van der Waals surface area contributed by atoms with Crippen LogP contribution in [0.4, 0.5) is 5.82 Å². The average Bonchev–Trinajstić information content (AvgIpc) is 2.17. The Balaban J connectivity index is 2.77. The highest BCUT2D eigenvalue weighted by Gasteiger charge is 2.18. The zero-order valence-electron chi connectivity index (χ0n) is 6.76. The number of nitrogens with two attached hydrogens (primary N) is 1. The van der Waals surface area contributed by atoms with Crippen LogP contribution in [-0.2, 0) is 0 Å². The number of nitrogen functional groups attached to an aromatic ring is 1.